The lowest BCUT2D eigenvalue weighted by Crippen LogP contribution is -2.21. The molecule has 1 unspecified atom stereocenters. The van der Waals surface area contributed by atoms with E-state index in [9.17, 15) is 4.39 Å². The van der Waals surface area contributed by atoms with E-state index in [0.717, 1.165) is 17.7 Å². The van der Waals surface area contributed by atoms with Crippen molar-refractivity contribution in [1.82, 2.24) is 9.97 Å². The highest BCUT2D eigenvalue weighted by molar-refractivity contribution is 5.43. The summed E-state index contributed by atoms with van der Waals surface area (Å²) in [7, 11) is 0. The van der Waals surface area contributed by atoms with Crippen LogP contribution in [0.3, 0.4) is 0 Å². The predicted molar refractivity (Wildman–Crippen MR) is 64.9 cm³/mol. The summed E-state index contributed by atoms with van der Waals surface area (Å²) in [6, 6.07) is 4.57. The van der Waals surface area contributed by atoms with E-state index in [0.29, 0.717) is 12.4 Å². The molecule has 2 heterocycles. The number of nitrogens with zero attached hydrogens (tertiary/aromatic N) is 2. The van der Waals surface area contributed by atoms with Crippen molar-refractivity contribution in [2.75, 3.05) is 11.9 Å². The Bertz CT molecular complexity index is 547. The monoisotopic (exact) mass is 245 g/mol. The molecule has 4 nitrogen and oxygen atoms in total. The first-order valence-electron chi connectivity index (χ1n) is 5.78. The maximum atomic E-state index is 13.3. The molecule has 2 aromatic rings. The molecule has 1 aromatic heterocycles. The summed E-state index contributed by atoms with van der Waals surface area (Å²) in [4.78, 5) is 8.15. The maximum Gasteiger partial charge on any atom is 0.144 e. The van der Waals surface area contributed by atoms with E-state index in [1.165, 1.54) is 12.1 Å². The molecule has 1 N–H and O–H groups in total. The van der Waals surface area contributed by atoms with E-state index in [1.807, 2.05) is 0 Å². The van der Waals surface area contributed by atoms with Crippen molar-refractivity contribution < 1.29 is 9.13 Å². The molecule has 18 heavy (non-hydrogen) atoms. The minimum absolute atomic E-state index is 0.00106. The number of ether oxygens (including phenoxy) is 1. The SMILES string of the molecule is Fc1ccc2c(c1)C(Nc1cnccn1)CCO2. The molecule has 92 valence electrons. The summed E-state index contributed by atoms with van der Waals surface area (Å²) >= 11 is 0. The highest BCUT2D eigenvalue weighted by Gasteiger charge is 2.22. The van der Waals surface area contributed by atoms with Gasteiger partial charge in [0.2, 0.25) is 0 Å². The minimum atomic E-state index is -0.259. The minimum Gasteiger partial charge on any atom is -0.493 e. The predicted octanol–water partition coefficient (Wildman–Crippen LogP) is 2.55. The summed E-state index contributed by atoms with van der Waals surface area (Å²) in [5, 5.41) is 3.24. The first-order chi connectivity index (χ1) is 8.83. The van der Waals surface area contributed by atoms with Crippen LogP contribution in [0.5, 0.6) is 5.75 Å². The summed E-state index contributed by atoms with van der Waals surface area (Å²) < 4.78 is 18.8. The Morgan fingerprint density at radius 3 is 3.11 bits per heavy atom. The number of hydrogen-bond acceptors (Lipinski definition) is 4. The molecule has 1 aliphatic heterocycles. The average molecular weight is 245 g/mol. The number of rotatable bonds is 2. The third-order valence-corrected chi connectivity index (χ3v) is 2.90. The van der Waals surface area contributed by atoms with E-state index in [-0.39, 0.29) is 11.9 Å². The van der Waals surface area contributed by atoms with Crippen LogP contribution in [0, 0.1) is 5.82 Å². The first-order valence-corrected chi connectivity index (χ1v) is 5.78. The number of anilines is 1. The molecule has 5 heteroatoms. The van der Waals surface area contributed by atoms with Gasteiger partial charge in [0.1, 0.15) is 17.4 Å². The second-order valence-corrected chi connectivity index (χ2v) is 4.11. The molecule has 0 radical (unpaired) electrons. The van der Waals surface area contributed by atoms with Crippen molar-refractivity contribution in [3.8, 4) is 5.75 Å². The van der Waals surface area contributed by atoms with E-state index < -0.39 is 0 Å². The molecule has 0 spiro atoms. The Morgan fingerprint density at radius 1 is 1.33 bits per heavy atom. The Morgan fingerprint density at radius 2 is 2.28 bits per heavy atom. The smallest absolute Gasteiger partial charge is 0.144 e. The van der Waals surface area contributed by atoms with Gasteiger partial charge in [-0.25, -0.2) is 9.37 Å². The number of benzene rings is 1. The summed E-state index contributed by atoms with van der Waals surface area (Å²) in [6.07, 6.45) is 5.65. The molecular formula is C13H12FN3O. The molecule has 0 bridgehead atoms. The molecule has 0 aliphatic carbocycles. The molecule has 3 rings (SSSR count). The van der Waals surface area contributed by atoms with Gasteiger partial charge in [0.15, 0.2) is 0 Å². The summed E-state index contributed by atoms with van der Waals surface area (Å²) in [5.74, 6) is 1.15. The van der Waals surface area contributed by atoms with E-state index in [4.69, 9.17) is 4.74 Å². The normalized spacial score (nSPS) is 17.7. The fourth-order valence-electron chi connectivity index (χ4n) is 2.07. The maximum absolute atomic E-state index is 13.3. The van der Waals surface area contributed by atoms with Crippen LogP contribution in [0.2, 0.25) is 0 Å². The lowest BCUT2D eigenvalue weighted by molar-refractivity contribution is 0.273. The van der Waals surface area contributed by atoms with Gasteiger partial charge in [-0.3, -0.25) is 4.98 Å². The van der Waals surface area contributed by atoms with Crippen molar-refractivity contribution in [1.29, 1.82) is 0 Å². The van der Waals surface area contributed by atoms with Gasteiger partial charge in [0.25, 0.3) is 0 Å². The quantitative estimate of drug-likeness (QED) is 0.883. The van der Waals surface area contributed by atoms with Crippen LogP contribution < -0.4 is 10.1 Å². The Hall–Kier alpha value is -2.17. The van der Waals surface area contributed by atoms with Crippen molar-refractivity contribution in [2.45, 2.75) is 12.5 Å². The van der Waals surface area contributed by atoms with Gasteiger partial charge in [-0.2, -0.15) is 0 Å². The third kappa shape index (κ3) is 2.11. The molecule has 1 aliphatic rings. The van der Waals surface area contributed by atoms with Crippen LogP contribution in [-0.2, 0) is 0 Å². The largest absolute Gasteiger partial charge is 0.493 e. The van der Waals surface area contributed by atoms with E-state index in [1.54, 1.807) is 24.7 Å². The van der Waals surface area contributed by atoms with Gasteiger partial charge in [-0.15, -0.1) is 0 Å². The fourth-order valence-corrected chi connectivity index (χ4v) is 2.07. The van der Waals surface area contributed by atoms with Gasteiger partial charge < -0.3 is 10.1 Å². The standard InChI is InChI=1S/C13H12FN3O/c14-9-1-2-12-10(7-9)11(3-6-18-12)17-13-8-15-4-5-16-13/h1-2,4-5,7-8,11H,3,6H2,(H,16,17). The Kier molecular flexibility index (Phi) is 2.80. The number of fused-ring (bicyclic) bond motifs is 1. The Labute approximate surface area is 104 Å². The first kappa shape index (κ1) is 11.0. The zero-order valence-electron chi connectivity index (χ0n) is 9.64. The Balaban J connectivity index is 1.89. The molecule has 0 amide bonds. The van der Waals surface area contributed by atoms with Gasteiger partial charge in [0.05, 0.1) is 18.8 Å². The van der Waals surface area contributed by atoms with Crippen LogP contribution in [0.1, 0.15) is 18.0 Å². The van der Waals surface area contributed by atoms with Crippen molar-refractivity contribution in [3.63, 3.8) is 0 Å². The van der Waals surface area contributed by atoms with Crippen molar-refractivity contribution in [3.05, 3.63) is 48.2 Å². The topological polar surface area (TPSA) is 47.0 Å². The van der Waals surface area contributed by atoms with Crippen LogP contribution in [0.4, 0.5) is 10.2 Å². The molecular weight excluding hydrogens is 233 g/mol. The number of aromatic nitrogens is 2. The van der Waals surface area contributed by atoms with Crippen LogP contribution in [0.25, 0.3) is 0 Å². The van der Waals surface area contributed by atoms with Crippen LogP contribution >= 0.6 is 0 Å². The highest BCUT2D eigenvalue weighted by Crippen LogP contribution is 2.34. The molecule has 0 saturated carbocycles. The number of nitrogens with one attached hydrogen (secondary N) is 1. The third-order valence-electron chi connectivity index (χ3n) is 2.90. The van der Waals surface area contributed by atoms with Crippen molar-refractivity contribution >= 4 is 5.82 Å². The van der Waals surface area contributed by atoms with Crippen molar-refractivity contribution in [2.24, 2.45) is 0 Å². The second-order valence-electron chi connectivity index (χ2n) is 4.11. The number of halogens is 1. The average Bonchev–Trinajstić information content (AvgIpc) is 2.41. The van der Waals surface area contributed by atoms with Gasteiger partial charge >= 0.3 is 0 Å². The van der Waals surface area contributed by atoms with E-state index in [2.05, 4.69) is 15.3 Å². The van der Waals surface area contributed by atoms with Gasteiger partial charge in [-0.1, -0.05) is 0 Å². The van der Waals surface area contributed by atoms with Gasteiger partial charge in [0, 0.05) is 24.4 Å². The second kappa shape index (κ2) is 4.60. The van der Waals surface area contributed by atoms with Crippen LogP contribution in [0.15, 0.2) is 36.8 Å². The lowest BCUT2D eigenvalue weighted by atomic mass is 10.0. The molecule has 0 saturated heterocycles. The molecule has 0 fully saturated rings. The fraction of sp³-hybridized carbons (Fsp3) is 0.231. The summed E-state index contributed by atoms with van der Waals surface area (Å²) in [5.41, 5.74) is 0.826. The highest BCUT2D eigenvalue weighted by atomic mass is 19.1. The lowest BCUT2D eigenvalue weighted by Gasteiger charge is -2.26. The molecule has 1 atom stereocenters. The number of hydrogen-bond donors (Lipinski definition) is 1. The van der Waals surface area contributed by atoms with Crippen LogP contribution in [-0.4, -0.2) is 16.6 Å². The molecule has 1 aromatic carbocycles. The zero-order chi connectivity index (χ0) is 12.4. The van der Waals surface area contributed by atoms with Gasteiger partial charge in [-0.05, 0) is 18.2 Å². The van der Waals surface area contributed by atoms with E-state index >= 15 is 0 Å². The zero-order valence-corrected chi connectivity index (χ0v) is 9.64. The summed E-state index contributed by atoms with van der Waals surface area (Å²) in [6.45, 7) is 0.608.